The van der Waals surface area contributed by atoms with Crippen LogP contribution in [-0.2, 0) is 58.3 Å². The standard InChI is InChI=1S/C32H38F5N7O6.C20H19F5N6O3.C12H21NO4/c1-31(2,3)50-30(48)42-11-7-20(8-12-42)16-26(45)39-24-10-13-43(29(47)27(24)34)18-22(33)9-14-44-19-25(40-41-44)28(46)38-17-21-5-4-6-23(15-21)49-32(35,36)37;21-13(10-30-6-5-15(26)17(22)19(30)33)4-7-31-11-16(28-29-31)18(32)27-9-12-2-1-3-14(8-12)34-20(23,24)25;1-12(2,3)17-11(16)13-6-4-9(5-7-13)8-10(14)15/h4-6,10,13,15,19-20,22H,7-9,11-12,14,16-18H2,1-3H3,(H,38,46)(H,39,45);1-3,5-6,8,11,13H,4,7,9-10,26H2,(H,27,32);9H,4-8H2,1-3H3,(H,14,15). The summed E-state index contributed by atoms with van der Waals surface area (Å²) in [4.78, 5) is 99.4. The average Bonchev–Trinajstić information content (AvgIpc) is 1.56. The van der Waals surface area contributed by atoms with Crippen LogP contribution in [0.1, 0.15) is 125 Å². The monoisotopic (exact) mass is 1440 g/mol. The second kappa shape index (κ2) is 35.7. The Balaban J connectivity index is 0.000000269. The van der Waals surface area contributed by atoms with Gasteiger partial charge in [0.05, 0.1) is 36.9 Å². The lowest BCUT2D eigenvalue weighted by Crippen LogP contribution is -2.42. The number of carboxylic acid groups (broad SMARTS) is 1. The van der Waals surface area contributed by atoms with Gasteiger partial charge in [-0.2, -0.15) is 8.78 Å². The van der Waals surface area contributed by atoms with Crippen LogP contribution in [0.2, 0.25) is 0 Å². The Labute approximate surface area is 571 Å². The van der Waals surface area contributed by atoms with Crippen molar-refractivity contribution < 1.29 is 96.7 Å². The molecule has 2 unspecified atom stereocenters. The number of benzene rings is 2. The van der Waals surface area contributed by atoms with E-state index in [4.69, 9.17) is 20.3 Å². The van der Waals surface area contributed by atoms with E-state index in [1.165, 1.54) is 64.5 Å². The molecule has 0 radical (unpaired) electrons. The van der Waals surface area contributed by atoms with Gasteiger partial charge < -0.3 is 64.7 Å². The molecule has 8 rings (SSSR count). The number of ether oxygens (including phenoxy) is 4. The zero-order valence-corrected chi connectivity index (χ0v) is 55.8. The lowest BCUT2D eigenvalue weighted by molar-refractivity contribution is -0.275. The number of rotatable bonds is 23. The number of hydrogen-bond acceptors (Lipinski definition) is 17. The summed E-state index contributed by atoms with van der Waals surface area (Å²) < 4.78 is 154. The van der Waals surface area contributed by atoms with Gasteiger partial charge in [-0.1, -0.05) is 34.7 Å². The molecule has 552 valence electrons. The van der Waals surface area contributed by atoms with Gasteiger partial charge >= 0.3 is 30.9 Å². The number of carbonyl (C=O) groups is 6. The molecule has 0 saturated carbocycles. The van der Waals surface area contributed by atoms with Crippen LogP contribution in [0.25, 0.3) is 0 Å². The molecular formula is C64H78F10N14O13. The van der Waals surface area contributed by atoms with E-state index in [1.807, 2.05) is 20.8 Å². The molecule has 2 saturated heterocycles. The minimum absolute atomic E-state index is 0.0183. The number of amides is 5. The molecule has 6 heterocycles. The number of carbonyl (C=O) groups excluding carboxylic acids is 5. The van der Waals surface area contributed by atoms with Gasteiger partial charge in [-0.3, -0.25) is 38.1 Å². The van der Waals surface area contributed by atoms with Crippen molar-refractivity contribution in [3.63, 3.8) is 0 Å². The lowest BCUT2D eigenvalue weighted by atomic mass is 9.93. The fraction of sp³-hybridized carbons (Fsp3) is 0.500. The Morgan fingerprint density at radius 1 is 0.604 bits per heavy atom. The van der Waals surface area contributed by atoms with Crippen molar-refractivity contribution in [2.75, 3.05) is 37.2 Å². The average molecular weight is 1440 g/mol. The number of nitrogens with two attached hydrogens (primary N) is 1. The van der Waals surface area contributed by atoms with Crippen molar-refractivity contribution in [3.8, 4) is 11.5 Å². The third-order valence-corrected chi connectivity index (χ3v) is 14.8. The molecule has 27 nitrogen and oxygen atoms in total. The van der Waals surface area contributed by atoms with Crippen LogP contribution in [0.4, 0.5) is 64.9 Å². The number of anilines is 2. The number of nitrogens with one attached hydrogen (secondary N) is 3. The highest BCUT2D eigenvalue weighted by Gasteiger charge is 2.34. The van der Waals surface area contributed by atoms with E-state index < -0.39 is 113 Å². The topological polar surface area (TPSA) is 334 Å². The number of nitrogens with zero attached hydrogens (tertiary/aromatic N) is 10. The molecule has 37 heteroatoms. The van der Waals surface area contributed by atoms with Crippen LogP contribution in [0.15, 0.2) is 95.0 Å². The summed E-state index contributed by atoms with van der Waals surface area (Å²) in [7, 11) is 0. The quantitative estimate of drug-likeness (QED) is 0.0373. The number of carboxylic acids is 1. The number of nitrogen functional groups attached to an aromatic ring is 1. The minimum atomic E-state index is -4.86. The molecule has 2 aliphatic heterocycles. The highest BCUT2D eigenvalue weighted by molar-refractivity contribution is 5.92. The summed E-state index contributed by atoms with van der Waals surface area (Å²) in [5.74, 6) is -5.69. The number of halogens is 10. The number of hydrogen-bond donors (Lipinski definition) is 5. The molecule has 6 N–H and O–H groups in total. The van der Waals surface area contributed by atoms with Crippen molar-refractivity contribution in [2.24, 2.45) is 11.8 Å². The molecule has 0 aliphatic carbocycles. The van der Waals surface area contributed by atoms with E-state index in [9.17, 15) is 82.3 Å². The van der Waals surface area contributed by atoms with Gasteiger partial charge in [0.2, 0.25) is 17.5 Å². The summed E-state index contributed by atoms with van der Waals surface area (Å²) in [6.45, 7) is 11.7. The predicted molar refractivity (Wildman–Crippen MR) is 340 cm³/mol. The van der Waals surface area contributed by atoms with Gasteiger partial charge in [0, 0.05) is 77.6 Å². The molecule has 0 bridgehead atoms. The van der Waals surface area contributed by atoms with E-state index in [0.29, 0.717) is 50.1 Å². The summed E-state index contributed by atoms with van der Waals surface area (Å²) in [6, 6.07) is 12.5. The Hall–Kier alpha value is -10.3. The van der Waals surface area contributed by atoms with E-state index in [2.05, 4.69) is 46.0 Å². The summed E-state index contributed by atoms with van der Waals surface area (Å²) in [5.41, 5.74) is 1.88. The third-order valence-electron chi connectivity index (χ3n) is 14.8. The van der Waals surface area contributed by atoms with Gasteiger partial charge in [-0.15, -0.1) is 36.5 Å². The normalized spacial score (nSPS) is 14.4. The van der Waals surface area contributed by atoms with E-state index in [-0.39, 0.29) is 92.6 Å². The highest BCUT2D eigenvalue weighted by Crippen LogP contribution is 2.27. The summed E-state index contributed by atoms with van der Waals surface area (Å²) in [5, 5.41) is 31.0. The molecule has 5 amide bonds. The Kier molecular flexibility index (Phi) is 28.2. The maximum Gasteiger partial charge on any atom is 0.573 e. The number of likely N-dealkylation sites (tertiary alicyclic amines) is 2. The molecule has 2 fully saturated rings. The van der Waals surface area contributed by atoms with Gasteiger partial charge in [0.15, 0.2) is 11.4 Å². The van der Waals surface area contributed by atoms with Crippen LogP contribution in [-0.4, -0.2) is 152 Å². The highest BCUT2D eigenvalue weighted by atomic mass is 19.4. The lowest BCUT2D eigenvalue weighted by Gasteiger charge is -2.33. The second-order valence-corrected chi connectivity index (χ2v) is 25.5. The maximum atomic E-state index is 14.9. The molecule has 2 aromatic carbocycles. The number of alkyl halides is 8. The van der Waals surface area contributed by atoms with Crippen LogP contribution in [0.5, 0.6) is 11.5 Å². The second-order valence-electron chi connectivity index (χ2n) is 25.5. The zero-order valence-electron chi connectivity index (χ0n) is 55.8. The van der Waals surface area contributed by atoms with Crippen LogP contribution >= 0.6 is 0 Å². The SMILES string of the molecule is CC(C)(C)OC(=O)N1CCC(CC(=O)Nc2ccn(CC(F)CCn3cc(C(=O)NCc4cccc(OC(F)(F)F)c4)nn3)c(=O)c2F)CC1.CC(C)(C)OC(=O)N1CCC(CC(=O)O)CC1.Nc1ccn(CC(F)CCn2cc(C(=O)NCc3cccc(OC(F)(F)F)c3)nn2)c(=O)c1F. The summed E-state index contributed by atoms with van der Waals surface area (Å²) in [6.07, 6.45) is -6.09. The number of pyridine rings is 2. The Bertz CT molecular complexity index is 3910. The predicted octanol–water partition coefficient (Wildman–Crippen LogP) is 9.34. The van der Waals surface area contributed by atoms with E-state index >= 15 is 0 Å². The van der Waals surface area contributed by atoms with Gasteiger partial charge in [-0.25, -0.2) is 18.4 Å². The largest absolute Gasteiger partial charge is 0.573 e. The van der Waals surface area contributed by atoms with Gasteiger partial charge in [-0.05, 0) is 139 Å². The molecule has 101 heavy (non-hydrogen) atoms. The number of piperidine rings is 2. The first-order chi connectivity index (χ1) is 47.2. The molecule has 0 spiro atoms. The Morgan fingerprint density at radius 2 is 1.01 bits per heavy atom. The smallest absolute Gasteiger partial charge is 0.481 e. The first kappa shape index (κ1) is 79.7. The fourth-order valence-electron chi connectivity index (χ4n) is 9.92. The maximum absolute atomic E-state index is 14.9. The fourth-order valence-corrected chi connectivity index (χ4v) is 9.92. The molecule has 4 aromatic heterocycles. The first-order valence-electron chi connectivity index (χ1n) is 31.6. The van der Waals surface area contributed by atoms with Crippen molar-refractivity contribution in [1.29, 1.82) is 0 Å². The van der Waals surface area contributed by atoms with Crippen LogP contribution < -0.4 is 42.3 Å². The van der Waals surface area contributed by atoms with Crippen LogP contribution in [0.3, 0.4) is 0 Å². The molecular weight excluding hydrogens is 1360 g/mol. The van der Waals surface area contributed by atoms with Crippen molar-refractivity contribution in [3.05, 3.63) is 140 Å². The first-order valence-corrected chi connectivity index (χ1v) is 31.6. The molecule has 2 aliphatic rings. The Morgan fingerprint density at radius 3 is 1.42 bits per heavy atom. The zero-order chi connectivity index (χ0) is 74.6. The van der Waals surface area contributed by atoms with E-state index in [0.717, 1.165) is 52.3 Å². The van der Waals surface area contributed by atoms with Crippen LogP contribution in [0, 0.1) is 23.5 Å². The summed E-state index contributed by atoms with van der Waals surface area (Å²) >= 11 is 0. The van der Waals surface area contributed by atoms with Gasteiger partial charge in [0.1, 0.15) is 35.0 Å². The molecule has 2 atom stereocenters. The molecule has 6 aromatic rings. The van der Waals surface area contributed by atoms with Crippen molar-refractivity contribution in [1.82, 2.24) is 59.6 Å². The van der Waals surface area contributed by atoms with Gasteiger partial charge in [0.25, 0.3) is 22.9 Å². The minimum Gasteiger partial charge on any atom is -0.481 e. The van der Waals surface area contributed by atoms with Crippen molar-refractivity contribution in [2.45, 2.75) is 168 Å². The number of aliphatic carboxylic acids is 1. The third kappa shape index (κ3) is 27.8. The van der Waals surface area contributed by atoms with E-state index in [1.54, 1.807) is 30.6 Å². The number of aromatic nitrogens is 8. The number of aryl methyl sites for hydroxylation is 2. The van der Waals surface area contributed by atoms with Crippen molar-refractivity contribution >= 4 is 47.3 Å².